The zero-order valence-electron chi connectivity index (χ0n) is 17.3. The number of aromatic nitrogens is 3. The zero-order chi connectivity index (χ0) is 21.9. The SMILES string of the molecule is COc1ccc(C2Nn3c(nnc3-c3ccccc3)SC2C(=O)NCc2ccco2)cc1. The molecule has 2 unspecified atom stereocenters. The second-order valence-electron chi connectivity index (χ2n) is 7.22. The van der Waals surface area contributed by atoms with Crippen molar-refractivity contribution in [2.75, 3.05) is 12.5 Å². The van der Waals surface area contributed by atoms with Gasteiger partial charge >= 0.3 is 0 Å². The fraction of sp³-hybridized carbons (Fsp3) is 0.174. The number of thioether (sulfide) groups is 1. The number of fused-ring (bicyclic) bond motifs is 1. The number of rotatable bonds is 6. The van der Waals surface area contributed by atoms with E-state index in [1.807, 2.05) is 65.3 Å². The molecule has 0 spiro atoms. The van der Waals surface area contributed by atoms with Crippen molar-refractivity contribution in [1.29, 1.82) is 0 Å². The molecule has 8 nitrogen and oxygen atoms in total. The Bertz CT molecular complexity index is 1190. The van der Waals surface area contributed by atoms with Crippen LogP contribution in [0.5, 0.6) is 5.75 Å². The summed E-state index contributed by atoms with van der Waals surface area (Å²) >= 11 is 1.38. The molecule has 0 saturated carbocycles. The Labute approximate surface area is 189 Å². The molecule has 0 bridgehead atoms. The lowest BCUT2D eigenvalue weighted by Crippen LogP contribution is -2.43. The Morgan fingerprint density at radius 2 is 1.94 bits per heavy atom. The summed E-state index contributed by atoms with van der Waals surface area (Å²) in [6.45, 7) is 0.320. The van der Waals surface area contributed by atoms with Crippen LogP contribution >= 0.6 is 11.8 Å². The van der Waals surface area contributed by atoms with Gasteiger partial charge in [-0.25, -0.2) is 4.68 Å². The van der Waals surface area contributed by atoms with Gasteiger partial charge in [0.05, 0.1) is 26.0 Å². The fourth-order valence-corrected chi connectivity index (χ4v) is 4.68. The van der Waals surface area contributed by atoms with Gasteiger partial charge in [-0.1, -0.05) is 54.2 Å². The van der Waals surface area contributed by atoms with Crippen LogP contribution < -0.4 is 15.5 Å². The van der Waals surface area contributed by atoms with Crippen molar-refractivity contribution in [3.8, 4) is 17.1 Å². The average Bonchev–Trinajstić information content (AvgIpc) is 3.52. The summed E-state index contributed by atoms with van der Waals surface area (Å²) in [6.07, 6.45) is 1.59. The Kier molecular flexibility index (Phi) is 5.55. The van der Waals surface area contributed by atoms with Crippen LogP contribution in [0.3, 0.4) is 0 Å². The van der Waals surface area contributed by atoms with Crippen LogP contribution in [-0.4, -0.2) is 33.1 Å². The number of nitrogens with zero attached hydrogens (tertiary/aromatic N) is 3. The number of ether oxygens (including phenoxy) is 1. The van der Waals surface area contributed by atoms with Gasteiger partial charge < -0.3 is 19.9 Å². The highest BCUT2D eigenvalue weighted by molar-refractivity contribution is 8.00. The predicted molar refractivity (Wildman–Crippen MR) is 121 cm³/mol. The lowest BCUT2D eigenvalue weighted by molar-refractivity contribution is -0.121. The highest BCUT2D eigenvalue weighted by Gasteiger charge is 2.38. The summed E-state index contributed by atoms with van der Waals surface area (Å²) in [4.78, 5) is 13.2. The van der Waals surface area contributed by atoms with Gasteiger partial charge in [0.15, 0.2) is 5.82 Å². The first kappa shape index (κ1) is 20.2. The van der Waals surface area contributed by atoms with Gasteiger partial charge in [-0.3, -0.25) is 4.79 Å². The standard InChI is InChI=1S/C23H21N5O3S/c1-30-17-11-9-15(10-12-17)19-20(22(29)24-14-18-8-5-13-31-18)32-23-26-25-21(28(23)27-19)16-6-3-2-4-7-16/h2-13,19-20,27H,14H2,1H3,(H,24,29). The monoisotopic (exact) mass is 447 g/mol. The molecule has 1 aliphatic rings. The van der Waals surface area contributed by atoms with Crippen LogP contribution in [0, 0.1) is 0 Å². The molecule has 0 radical (unpaired) electrons. The second kappa shape index (κ2) is 8.80. The van der Waals surface area contributed by atoms with Gasteiger partial charge in [0.1, 0.15) is 16.8 Å². The third-order valence-corrected chi connectivity index (χ3v) is 6.43. The quantitative estimate of drug-likeness (QED) is 0.466. The molecule has 4 aromatic rings. The van der Waals surface area contributed by atoms with Gasteiger partial charge in [0.2, 0.25) is 11.1 Å². The number of hydrogen-bond acceptors (Lipinski definition) is 7. The predicted octanol–water partition coefficient (Wildman–Crippen LogP) is 3.62. The third kappa shape index (κ3) is 3.94. The van der Waals surface area contributed by atoms with E-state index >= 15 is 0 Å². The lowest BCUT2D eigenvalue weighted by atomic mass is 10.0. The lowest BCUT2D eigenvalue weighted by Gasteiger charge is -2.33. The molecule has 2 aromatic carbocycles. The maximum absolute atomic E-state index is 13.2. The fourth-order valence-electron chi connectivity index (χ4n) is 3.58. The maximum atomic E-state index is 13.2. The van der Waals surface area contributed by atoms with Crippen LogP contribution in [-0.2, 0) is 11.3 Å². The van der Waals surface area contributed by atoms with Gasteiger partial charge in [-0.2, -0.15) is 0 Å². The van der Waals surface area contributed by atoms with E-state index in [1.165, 1.54) is 11.8 Å². The van der Waals surface area contributed by atoms with Crippen molar-refractivity contribution in [2.45, 2.75) is 23.0 Å². The van der Waals surface area contributed by atoms with E-state index in [2.05, 4.69) is 20.9 Å². The Balaban J connectivity index is 1.47. The summed E-state index contributed by atoms with van der Waals surface area (Å²) < 4.78 is 12.5. The summed E-state index contributed by atoms with van der Waals surface area (Å²) in [6, 6.07) is 20.8. The first-order valence-electron chi connectivity index (χ1n) is 10.1. The topological polar surface area (TPSA) is 94.2 Å². The summed E-state index contributed by atoms with van der Waals surface area (Å²) in [7, 11) is 1.63. The van der Waals surface area contributed by atoms with Crippen molar-refractivity contribution in [3.05, 3.63) is 84.3 Å². The largest absolute Gasteiger partial charge is 0.497 e. The first-order valence-corrected chi connectivity index (χ1v) is 11.0. The first-order chi connectivity index (χ1) is 15.7. The van der Waals surface area contributed by atoms with Crippen molar-refractivity contribution in [1.82, 2.24) is 20.2 Å². The molecule has 3 heterocycles. The van der Waals surface area contributed by atoms with Gasteiger partial charge in [-0.15, -0.1) is 10.2 Å². The van der Waals surface area contributed by atoms with Crippen LogP contribution in [0.1, 0.15) is 17.4 Å². The third-order valence-electron chi connectivity index (χ3n) is 5.22. The van der Waals surface area contributed by atoms with Crippen molar-refractivity contribution < 1.29 is 13.9 Å². The molecule has 2 aromatic heterocycles. The second-order valence-corrected chi connectivity index (χ2v) is 8.33. The minimum absolute atomic E-state index is 0.116. The van der Waals surface area contributed by atoms with E-state index < -0.39 is 5.25 Å². The van der Waals surface area contributed by atoms with E-state index in [1.54, 1.807) is 19.4 Å². The number of amides is 1. The Hall–Kier alpha value is -3.72. The molecule has 5 rings (SSSR count). The van der Waals surface area contributed by atoms with Gasteiger partial charge in [0, 0.05) is 5.56 Å². The molecule has 2 atom stereocenters. The molecule has 0 saturated heterocycles. The molecule has 162 valence electrons. The molecule has 1 amide bonds. The van der Waals surface area contributed by atoms with Crippen molar-refractivity contribution in [2.24, 2.45) is 0 Å². The number of carbonyl (C=O) groups excluding carboxylic acids is 1. The summed E-state index contributed by atoms with van der Waals surface area (Å²) in [5.74, 6) is 2.03. The number of hydrogen-bond donors (Lipinski definition) is 2. The Morgan fingerprint density at radius 1 is 1.12 bits per heavy atom. The van der Waals surface area contributed by atoms with Crippen molar-refractivity contribution >= 4 is 17.7 Å². The molecule has 0 aliphatic carbocycles. The Morgan fingerprint density at radius 3 is 2.66 bits per heavy atom. The van der Waals surface area contributed by atoms with E-state index in [0.717, 1.165) is 16.9 Å². The number of methoxy groups -OCH3 is 1. The number of furan rings is 1. The number of nitrogens with one attached hydrogen (secondary N) is 2. The van der Waals surface area contributed by atoms with Crippen LogP contribution in [0.2, 0.25) is 0 Å². The van der Waals surface area contributed by atoms with Crippen molar-refractivity contribution in [3.63, 3.8) is 0 Å². The molecular weight excluding hydrogens is 426 g/mol. The van der Waals surface area contributed by atoms with Crippen LogP contribution in [0.15, 0.2) is 82.6 Å². The average molecular weight is 448 g/mol. The maximum Gasteiger partial charge on any atom is 0.236 e. The van der Waals surface area contributed by atoms with Gasteiger partial charge in [0.25, 0.3) is 0 Å². The normalized spacial score (nSPS) is 17.3. The molecule has 0 fully saturated rings. The van der Waals surface area contributed by atoms with E-state index in [4.69, 9.17) is 9.15 Å². The number of carbonyl (C=O) groups is 1. The number of benzene rings is 2. The smallest absolute Gasteiger partial charge is 0.236 e. The summed E-state index contributed by atoms with van der Waals surface area (Å²) in [5.41, 5.74) is 5.36. The highest BCUT2D eigenvalue weighted by Crippen LogP contribution is 2.38. The molecule has 2 N–H and O–H groups in total. The zero-order valence-corrected chi connectivity index (χ0v) is 18.1. The van der Waals surface area contributed by atoms with Crippen LogP contribution in [0.25, 0.3) is 11.4 Å². The molecule has 1 aliphatic heterocycles. The molecular formula is C23H21N5O3S. The van der Waals surface area contributed by atoms with E-state index in [9.17, 15) is 4.79 Å². The summed E-state index contributed by atoms with van der Waals surface area (Å²) in [5, 5.41) is 11.8. The van der Waals surface area contributed by atoms with E-state index in [0.29, 0.717) is 23.3 Å². The van der Waals surface area contributed by atoms with Crippen LogP contribution in [0.4, 0.5) is 0 Å². The minimum atomic E-state index is -0.460. The van der Waals surface area contributed by atoms with Gasteiger partial charge in [-0.05, 0) is 29.8 Å². The minimum Gasteiger partial charge on any atom is -0.497 e. The highest BCUT2D eigenvalue weighted by atomic mass is 32.2. The molecule has 9 heteroatoms. The molecule has 32 heavy (non-hydrogen) atoms. The van der Waals surface area contributed by atoms with E-state index in [-0.39, 0.29) is 11.9 Å².